The van der Waals surface area contributed by atoms with E-state index in [9.17, 15) is 0 Å². The maximum atomic E-state index is 4.64. The minimum Gasteiger partial charge on any atom is -0.354 e. The number of pyridine rings is 1. The molecule has 1 aliphatic heterocycles. The summed E-state index contributed by atoms with van der Waals surface area (Å²) in [4.78, 5) is 18.2. The van der Waals surface area contributed by atoms with Gasteiger partial charge in [-0.15, -0.1) is 0 Å². The van der Waals surface area contributed by atoms with Gasteiger partial charge in [0, 0.05) is 62.7 Å². The highest BCUT2D eigenvalue weighted by Gasteiger charge is 2.19. The number of hydrogen-bond donors (Lipinski definition) is 0. The fourth-order valence-corrected chi connectivity index (χ4v) is 3.22. The molecule has 1 aliphatic rings. The molecule has 0 radical (unpaired) electrons. The molecule has 0 spiro atoms. The van der Waals surface area contributed by atoms with Crippen LogP contribution in [0.4, 0.5) is 5.82 Å². The molecule has 0 aromatic carbocycles. The largest absolute Gasteiger partial charge is 0.354 e. The van der Waals surface area contributed by atoms with Crippen LogP contribution in [0.2, 0.25) is 0 Å². The van der Waals surface area contributed by atoms with Crippen LogP contribution < -0.4 is 4.90 Å². The minimum absolute atomic E-state index is 0.727. The van der Waals surface area contributed by atoms with Crippen LogP contribution in [0.1, 0.15) is 11.4 Å². The molecule has 6 nitrogen and oxygen atoms in total. The molecule has 3 aromatic rings. The monoisotopic (exact) mass is 334 g/mol. The van der Waals surface area contributed by atoms with Crippen molar-refractivity contribution >= 4 is 5.82 Å². The van der Waals surface area contributed by atoms with Gasteiger partial charge in [-0.25, -0.2) is 15.0 Å². The van der Waals surface area contributed by atoms with Crippen LogP contribution in [0.5, 0.6) is 0 Å². The number of aromatic nitrogens is 4. The van der Waals surface area contributed by atoms with Gasteiger partial charge in [0.15, 0.2) is 0 Å². The van der Waals surface area contributed by atoms with Crippen molar-refractivity contribution in [1.29, 1.82) is 0 Å². The van der Waals surface area contributed by atoms with Crippen molar-refractivity contribution < 1.29 is 0 Å². The van der Waals surface area contributed by atoms with Crippen molar-refractivity contribution in [3.8, 4) is 5.95 Å². The maximum absolute atomic E-state index is 4.64. The first-order chi connectivity index (χ1) is 12.3. The first kappa shape index (κ1) is 15.8. The van der Waals surface area contributed by atoms with E-state index in [1.54, 1.807) is 12.4 Å². The van der Waals surface area contributed by atoms with Crippen molar-refractivity contribution in [2.75, 3.05) is 31.1 Å². The molecular weight excluding hydrogens is 312 g/mol. The SMILES string of the molecule is Cc1cccc(N2CCN(Cc3cccn3-c3ncccn3)CC2)n1. The number of aryl methyl sites for hydroxylation is 1. The highest BCUT2D eigenvalue weighted by Crippen LogP contribution is 2.16. The lowest BCUT2D eigenvalue weighted by molar-refractivity contribution is 0.245. The molecule has 0 saturated carbocycles. The molecule has 0 bridgehead atoms. The van der Waals surface area contributed by atoms with E-state index in [0.717, 1.165) is 50.2 Å². The van der Waals surface area contributed by atoms with E-state index in [4.69, 9.17) is 0 Å². The van der Waals surface area contributed by atoms with Crippen LogP contribution >= 0.6 is 0 Å². The van der Waals surface area contributed by atoms with Gasteiger partial charge in [-0.2, -0.15) is 0 Å². The molecule has 4 heterocycles. The third kappa shape index (κ3) is 3.53. The summed E-state index contributed by atoms with van der Waals surface area (Å²) in [6.07, 6.45) is 5.58. The normalized spacial score (nSPS) is 15.5. The quantitative estimate of drug-likeness (QED) is 0.733. The van der Waals surface area contributed by atoms with Crippen molar-refractivity contribution in [1.82, 2.24) is 24.4 Å². The number of anilines is 1. The standard InChI is InChI=1S/C19H22N6/c1-16-5-2-7-18(22-16)24-13-11-23(12-14-24)15-17-6-3-10-25(17)19-20-8-4-9-21-19/h2-10H,11-15H2,1H3. The van der Waals surface area contributed by atoms with Crippen molar-refractivity contribution in [2.24, 2.45) is 0 Å². The third-order valence-corrected chi connectivity index (χ3v) is 4.56. The maximum Gasteiger partial charge on any atom is 0.233 e. The smallest absolute Gasteiger partial charge is 0.233 e. The molecule has 0 atom stereocenters. The Kier molecular flexibility index (Phi) is 4.43. The number of nitrogens with zero attached hydrogens (tertiary/aromatic N) is 6. The van der Waals surface area contributed by atoms with Crippen LogP contribution in [0.3, 0.4) is 0 Å². The molecule has 0 unspecified atom stereocenters. The van der Waals surface area contributed by atoms with Gasteiger partial charge in [-0.3, -0.25) is 9.47 Å². The molecule has 4 rings (SSSR count). The molecule has 0 amide bonds. The summed E-state index contributed by atoms with van der Waals surface area (Å²) in [6.45, 7) is 6.99. The predicted octanol–water partition coefficient (Wildman–Crippen LogP) is 2.29. The summed E-state index contributed by atoms with van der Waals surface area (Å²) in [7, 11) is 0. The molecule has 0 aliphatic carbocycles. The van der Waals surface area contributed by atoms with Gasteiger partial charge >= 0.3 is 0 Å². The van der Waals surface area contributed by atoms with Crippen LogP contribution in [0.15, 0.2) is 55.0 Å². The number of piperazine rings is 1. The van der Waals surface area contributed by atoms with Crippen molar-refractivity contribution in [2.45, 2.75) is 13.5 Å². The highest BCUT2D eigenvalue weighted by atomic mass is 15.3. The summed E-state index contributed by atoms with van der Waals surface area (Å²) < 4.78 is 2.06. The van der Waals surface area contributed by atoms with Gasteiger partial charge in [0.1, 0.15) is 5.82 Å². The number of hydrogen-bond acceptors (Lipinski definition) is 5. The zero-order valence-corrected chi connectivity index (χ0v) is 14.4. The molecule has 128 valence electrons. The second-order valence-corrected chi connectivity index (χ2v) is 6.32. The van der Waals surface area contributed by atoms with Gasteiger partial charge in [0.25, 0.3) is 0 Å². The van der Waals surface area contributed by atoms with Crippen molar-refractivity contribution in [3.05, 3.63) is 66.4 Å². The average Bonchev–Trinajstić information content (AvgIpc) is 3.11. The van der Waals surface area contributed by atoms with Crippen LogP contribution in [-0.2, 0) is 6.54 Å². The zero-order valence-electron chi connectivity index (χ0n) is 14.4. The van der Waals surface area contributed by atoms with E-state index >= 15 is 0 Å². The van der Waals surface area contributed by atoms with Gasteiger partial charge < -0.3 is 4.90 Å². The Bertz CT molecular complexity index is 821. The van der Waals surface area contributed by atoms with Crippen LogP contribution in [-0.4, -0.2) is 50.6 Å². The van der Waals surface area contributed by atoms with Gasteiger partial charge in [0.2, 0.25) is 5.95 Å². The van der Waals surface area contributed by atoms with Gasteiger partial charge in [-0.1, -0.05) is 6.07 Å². The lowest BCUT2D eigenvalue weighted by Gasteiger charge is -2.35. The zero-order chi connectivity index (χ0) is 17.1. The van der Waals surface area contributed by atoms with Crippen molar-refractivity contribution in [3.63, 3.8) is 0 Å². The Balaban J connectivity index is 1.41. The Morgan fingerprint density at radius 2 is 1.72 bits per heavy atom. The fourth-order valence-electron chi connectivity index (χ4n) is 3.22. The van der Waals surface area contributed by atoms with E-state index in [2.05, 4.69) is 53.6 Å². The lowest BCUT2D eigenvalue weighted by atomic mass is 10.2. The number of rotatable bonds is 4. The Labute approximate surface area is 147 Å². The van der Waals surface area contributed by atoms with E-state index in [-0.39, 0.29) is 0 Å². The molecule has 1 saturated heterocycles. The minimum atomic E-state index is 0.727. The predicted molar refractivity (Wildman–Crippen MR) is 97.8 cm³/mol. The summed E-state index contributed by atoms with van der Waals surface area (Å²) >= 11 is 0. The molecular formula is C19H22N6. The molecule has 0 N–H and O–H groups in total. The van der Waals surface area contributed by atoms with Gasteiger partial charge in [0.05, 0.1) is 0 Å². The first-order valence-electron chi connectivity index (χ1n) is 8.64. The summed E-state index contributed by atoms with van der Waals surface area (Å²) in [5.74, 6) is 1.81. The van der Waals surface area contributed by atoms with E-state index < -0.39 is 0 Å². The van der Waals surface area contributed by atoms with Crippen LogP contribution in [0.25, 0.3) is 5.95 Å². The summed E-state index contributed by atoms with van der Waals surface area (Å²) in [5, 5.41) is 0. The third-order valence-electron chi connectivity index (χ3n) is 4.56. The summed E-state index contributed by atoms with van der Waals surface area (Å²) in [6, 6.07) is 12.3. The summed E-state index contributed by atoms with van der Waals surface area (Å²) in [5.41, 5.74) is 2.29. The van der Waals surface area contributed by atoms with E-state index in [1.807, 2.05) is 25.3 Å². The van der Waals surface area contributed by atoms with E-state index in [0.29, 0.717) is 0 Å². The second kappa shape index (κ2) is 7.03. The average molecular weight is 334 g/mol. The fraction of sp³-hybridized carbons (Fsp3) is 0.316. The molecule has 3 aromatic heterocycles. The Hall–Kier alpha value is -2.73. The molecule has 25 heavy (non-hydrogen) atoms. The lowest BCUT2D eigenvalue weighted by Crippen LogP contribution is -2.46. The molecule has 6 heteroatoms. The Morgan fingerprint density at radius 1 is 0.920 bits per heavy atom. The van der Waals surface area contributed by atoms with Gasteiger partial charge in [-0.05, 0) is 37.3 Å². The second-order valence-electron chi connectivity index (χ2n) is 6.32. The van der Waals surface area contributed by atoms with E-state index in [1.165, 1.54) is 5.69 Å². The van der Waals surface area contributed by atoms with Crippen LogP contribution in [0, 0.1) is 6.92 Å². The highest BCUT2D eigenvalue weighted by molar-refractivity contribution is 5.39. The first-order valence-corrected chi connectivity index (χ1v) is 8.64. The Morgan fingerprint density at radius 3 is 2.48 bits per heavy atom. The molecule has 1 fully saturated rings. The topological polar surface area (TPSA) is 50.1 Å².